The van der Waals surface area contributed by atoms with Crippen LogP contribution < -0.4 is 10.9 Å². The zero-order valence-electron chi connectivity index (χ0n) is 23.4. The minimum Gasteiger partial charge on any atom is -0.444 e. The van der Waals surface area contributed by atoms with Gasteiger partial charge in [0.2, 0.25) is 0 Å². The molecule has 2 aromatic heterocycles. The number of anilines is 2. The van der Waals surface area contributed by atoms with E-state index in [1.54, 1.807) is 18.1 Å². The lowest BCUT2D eigenvalue weighted by atomic mass is 10.0. The molecule has 10 nitrogen and oxygen atoms in total. The number of piperidine rings is 1. The summed E-state index contributed by atoms with van der Waals surface area (Å²) in [7, 11) is 1.76. The van der Waals surface area contributed by atoms with Crippen molar-refractivity contribution in [2.75, 3.05) is 25.5 Å². The molecule has 2 N–H and O–H groups in total. The van der Waals surface area contributed by atoms with E-state index in [1.807, 2.05) is 61.5 Å². The number of carbonyl (C=O) groups is 2. The first-order chi connectivity index (χ1) is 18.5. The Morgan fingerprint density at radius 1 is 1.15 bits per heavy atom. The average molecular weight is 535 g/mol. The Labute approximate surface area is 228 Å². The molecule has 1 aliphatic heterocycles. The lowest BCUT2D eigenvalue weighted by Crippen LogP contribution is -2.48. The van der Waals surface area contributed by atoms with Crippen molar-refractivity contribution in [1.82, 2.24) is 24.6 Å². The van der Waals surface area contributed by atoms with Crippen LogP contribution in [-0.2, 0) is 11.3 Å². The number of benzene rings is 1. The number of H-pyrrole nitrogens is 1. The Bertz CT molecular complexity index is 1440. The lowest BCUT2D eigenvalue weighted by molar-refractivity contribution is 0.0156. The molecule has 208 valence electrons. The summed E-state index contributed by atoms with van der Waals surface area (Å²) in [5, 5.41) is 8.56. The molecule has 1 aromatic carbocycles. The maximum Gasteiger partial charge on any atom is 0.410 e. The summed E-state index contributed by atoms with van der Waals surface area (Å²) in [6, 6.07) is 7.52. The number of hydrogen-bond acceptors (Lipinski definition) is 6. The highest BCUT2D eigenvalue weighted by Gasteiger charge is 2.31. The van der Waals surface area contributed by atoms with Crippen LogP contribution in [0.4, 0.5) is 16.3 Å². The van der Waals surface area contributed by atoms with Crippen molar-refractivity contribution in [3.8, 4) is 0 Å². The zero-order valence-corrected chi connectivity index (χ0v) is 23.4. The van der Waals surface area contributed by atoms with Crippen molar-refractivity contribution >= 4 is 34.4 Å². The molecule has 1 aliphatic carbocycles. The fourth-order valence-corrected chi connectivity index (χ4v) is 5.14. The van der Waals surface area contributed by atoms with Gasteiger partial charge in [-0.3, -0.25) is 14.3 Å². The van der Waals surface area contributed by atoms with Crippen LogP contribution in [0.2, 0.25) is 0 Å². The standard InChI is InChI=1S/C29H38N6O4/c1-18-16-20(31-25-24-23(10-13-30-26(24)36)35(32-25)17-19-6-7-19)8-9-22(18)27(37)34-14-11-21(12-15-34)33(5)28(38)39-29(2,3)4/h8-10,13,16,19,21H,6-7,11-12,14-15,17H2,1-5H3,(H,30,36)(H,31,32). The third-order valence-corrected chi connectivity index (χ3v) is 7.50. The first-order valence-electron chi connectivity index (χ1n) is 13.7. The molecule has 3 aromatic rings. The maximum absolute atomic E-state index is 13.4. The van der Waals surface area contributed by atoms with Crippen LogP contribution in [0.5, 0.6) is 0 Å². The quantitative estimate of drug-likeness (QED) is 0.476. The average Bonchev–Trinajstić information content (AvgIpc) is 3.63. The summed E-state index contributed by atoms with van der Waals surface area (Å²) in [4.78, 5) is 44.7. The number of likely N-dealkylation sites (tertiary alicyclic amines) is 1. The molecule has 0 unspecified atom stereocenters. The van der Waals surface area contributed by atoms with E-state index in [0.29, 0.717) is 48.6 Å². The van der Waals surface area contributed by atoms with Gasteiger partial charge in [0, 0.05) is 50.2 Å². The van der Waals surface area contributed by atoms with Gasteiger partial charge in [-0.15, -0.1) is 0 Å². The fourth-order valence-electron chi connectivity index (χ4n) is 5.14. The van der Waals surface area contributed by atoms with E-state index in [1.165, 1.54) is 12.8 Å². The minimum absolute atomic E-state index is 0.0203. The van der Waals surface area contributed by atoms with Crippen molar-refractivity contribution in [3.63, 3.8) is 0 Å². The van der Waals surface area contributed by atoms with Gasteiger partial charge >= 0.3 is 6.09 Å². The fraction of sp³-hybridized carbons (Fsp3) is 0.517. The largest absolute Gasteiger partial charge is 0.444 e. The number of rotatable bonds is 6. The van der Waals surface area contributed by atoms with Crippen molar-refractivity contribution < 1.29 is 14.3 Å². The summed E-state index contributed by atoms with van der Waals surface area (Å²) in [6.45, 7) is 9.43. The summed E-state index contributed by atoms with van der Waals surface area (Å²) in [5.74, 6) is 1.12. The van der Waals surface area contributed by atoms with Gasteiger partial charge in [-0.05, 0) is 89.1 Å². The lowest BCUT2D eigenvalue weighted by Gasteiger charge is -2.37. The van der Waals surface area contributed by atoms with Gasteiger partial charge in [0.1, 0.15) is 11.0 Å². The third kappa shape index (κ3) is 5.94. The van der Waals surface area contributed by atoms with Gasteiger partial charge in [-0.25, -0.2) is 4.79 Å². The molecule has 10 heteroatoms. The topological polar surface area (TPSA) is 113 Å². The molecular formula is C29H38N6O4. The molecule has 0 atom stereocenters. The number of hydrogen-bond donors (Lipinski definition) is 2. The number of aromatic nitrogens is 3. The molecule has 0 bridgehead atoms. The molecule has 0 spiro atoms. The smallest absolute Gasteiger partial charge is 0.410 e. The van der Waals surface area contributed by atoms with Crippen molar-refractivity contribution in [2.45, 2.75) is 71.6 Å². The van der Waals surface area contributed by atoms with Gasteiger partial charge in [0.25, 0.3) is 11.5 Å². The van der Waals surface area contributed by atoms with Crippen LogP contribution in [0, 0.1) is 12.8 Å². The zero-order chi connectivity index (χ0) is 27.9. The van der Waals surface area contributed by atoms with Crippen LogP contribution in [-0.4, -0.2) is 68.3 Å². The molecular weight excluding hydrogens is 496 g/mol. The third-order valence-electron chi connectivity index (χ3n) is 7.50. The van der Waals surface area contributed by atoms with Crippen LogP contribution in [0.1, 0.15) is 62.4 Å². The summed E-state index contributed by atoms with van der Waals surface area (Å²) in [6.07, 6.45) is 5.11. The predicted molar refractivity (Wildman–Crippen MR) is 150 cm³/mol. The van der Waals surface area contributed by atoms with Gasteiger partial charge in [-0.1, -0.05) is 0 Å². The van der Waals surface area contributed by atoms with Gasteiger partial charge in [0.15, 0.2) is 5.82 Å². The second kappa shape index (κ2) is 10.4. The number of pyridine rings is 1. The SMILES string of the molecule is Cc1cc(Nc2nn(CC3CC3)c3cc[nH]c(=O)c23)ccc1C(=O)N1CCC(N(C)C(=O)OC(C)(C)C)CC1. The molecule has 2 amide bonds. The number of amides is 2. The van der Waals surface area contributed by atoms with Crippen molar-refractivity contribution in [2.24, 2.45) is 5.92 Å². The van der Waals surface area contributed by atoms with E-state index < -0.39 is 5.60 Å². The van der Waals surface area contributed by atoms with E-state index in [2.05, 4.69) is 10.3 Å². The number of carbonyl (C=O) groups excluding carboxylic acids is 2. The predicted octanol–water partition coefficient (Wildman–Crippen LogP) is 4.66. The van der Waals surface area contributed by atoms with Gasteiger partial charge < -0.3 is 24.8 Å². The molecule has 39 heavy (non-hydrogen) atoms. The highest BCUT2D eigenvalue weighted by Crippen LogP contribution is 2.33. The normalized spacial score (nSPS) is 16.4. The molecule has 2 fully saturated rings. The molecule has 3 heterocycles. The second-order valence-electron chi connectivity index (χ2n) is 11.8. The second-order valence-corrected chi connectivity index (χ2v) is 11.8. The van der Waals surface area contributed by atoms with E-state index in [0.717, 1.165) is 23.3 Å². The molecule has 1 saturated carbocycles. The Hall–Kier alpha value is -3.82. The van der Waals surface area contributed by atoms with Crippen LogP contribution in [0.15, 0.2) is 35.3 Å². The van der Waals surface area contributed by atoms with Crippen molar-refractivity contribution in [1.29, 1.82) is 0 Å². The van der Waals surface area contributed by atoms with Crippen LogP contribution >= 0.6 is 0 Å². The first kappa shape index (κ1) is 26.8. The molecule has 5 rings (SSSR count). The summed E-state index contributed by atoms with van der Waals surface area (Å²) in [5.41, 5.74) is 2.34. The van der Waals surface area contributed by atoms with E-state index in [4.69, 9.17) is 9.84 Å². The summed E-state index contributed by atoms with van der Waals surface area (Å²) < 4.78 is 7.41. The number of aromatic amines is 1. The first-order valence-corrected chi connectivity index (χ1v) is 13.7. The highest BCUT2D eigenvalue weighted by molar-refractivity contribution is 5.96. The summed E-state index contributed by atoms with van der Waals surface area (Å²) >= 11 is 0. The molecule has 1 saturated heterocycles. The van der Waals surface area contributed by atoms with E-state index in [9.17, 15) is 14.4 Å². The number of aryl methyl sites for hydroxylation is 1. The van der Waals surface area contributed by atoms with Gasteiger partial charge in [0.05, 0.1) is 5.52 Å². The number of fused-ring (bicyclic) bond motifs is 1. The Morgan fingerprint density at radius 3 is 2.51 bits per heavy atom. The van der Waals surface area contributed by atoms with E-state index in [-0.39, 0.29) is 23.6 Å². The Balaban J connectivity index is 1.25. The van der Waals surface area contributed by atoms with Gasteiger partial charge in [-0.2, -0.15) is 5.10 Å². The van der Waals surface area contributed by atoms with E-state index >= 15 is 0 Å². The minimum atomic E-state index is -0.542. The molecule has 0 radical (unpaired) electrons. The number of nitrogens with zero attached hydrogens (tertiary/aromatic N) is 4. The number of nitrogens with one attached hydrogen (secondary N) is 2. The maximum atomic E-state index is 13.4. The Kier molecular flexibility index (Phi) is 7.13. The monoisotopic (exact) mass is 534 g/mol. The Morgan fingerprint density at radius 2 is 1.87 bits per heavy atom. The molecule has 2 aliphatic rings. The number of ether oxygens (including phenoxy) is 1. The van der Waals surface area contributed by atoms with Crippen LogP contribution in [0.3, 0.4) is 0 Å². The van der Waals surface area contributed by atoms with Crippen molar-refractivity contribution in [3.05, 3.63) is 51.9 Å². The highest BCUT2D eigenvalue weighted by atomic mass is 16.6. The van der Waals surface area contributed by atoms with Crippen LogP contribution in [0.25, 0.3) is 10.9 Å².